The van der Waals surface area contributed by atoms with Gasteiger partial charge in [0.2, 0.25) is 0 Å². The molecular formula is C16H26N4O. The number of aromatic nitrogens is 1. The third-order valence-corrected chi connectivity index (χ3v) is 4.04. The summed E-state index contributed by atoms with van der Waals surface area (Å²) in [6.45, 7) is 5.89. The molecule has 0 radical (unpaired) electrons. The first-order valence-electron chi connectivity index (χ1n) is 7.75. The number of hydrogen-bond acceptors (Lipinski definition) is 4. The first-order chi connectivity index (χ1) is 10.1. The summed E-state index contributed by atoms with van der Waals surface area (Å²) in [7, 11) is 4.03. The number of carbonyl (C=O) groups is 1. The average Bonchev–Trinajstić information content (AvgIpc) is 2.49. The second-order valence-corrected chi connectivity index (χ2v) is 5.87. The summed E-state index contributed by atoms with van der Waals surface area (Å²) in [5.41, 5.74) is 0.517. The molecule has 116 valence electrons. The van der Waals surface area contributed by atoms with E-state index < -0.39 is 0 Å². The largest absolute Gasteiger partial charge is 0.370 e. The lowest BCUT2D eigenvalue weighted by molar-refractivity contribution is 0.0741. The van der Waals surface area contributed by atoms with Crippen molar-refractivity contribution in [1.82, 2.24) is 14.8 Å². The summed E-state index contributed by atoms with van der Waals surface area (Å²) in [6.07, 6.45) is 2.33. The third kappa shape index (κ3) is 4.43. The van der Waals surface area contributed by atoms with Gasteiger partial charge in [-0.25, -0.2) is 4.98 Å². The molecule has 5 heteroatoms. The van der Waals surface area contributed by atoms with Crippen molar-refractivity contribution in [3.63, 3.8) is 0 Å². The summed E-state index contributed by atoms with van der Waals surface area (Å²) in [6, 6.07) is 5.55. The monoisotopic (exact) mass is 290 g/mol. The van der Waals surface area contributed by atoms with Crippen LogP contribution in [0.3, 0.4) is 0 Å². The van der Waals surface area contributed by atoms with Gasteiger partial charge in [0.05, 0.1) is 0 Å². The molecule has 1 aromatic rings. The molecule has 1 aliphatic heterocycles. The van der Waals surface area contributed by atoms with Gasteiger partial charge >= 0.3 is 0 Å². The molecule has 0 aromatic carbocycles. The number of piperidine rings is 1. The lowest BCUT2D eigenvalue weighted by Crippen LogP contribution is -2.38. The van der Waals surface area contributed by atoms with Crippen LogP contribution in [0.4, 0.5) is 5.82 Å². The van der Waals surface area contributed by atoms with Gasteiger partial charge in [0.15, 0.2) is 0 Å². The second-order valence-electron chi connectivity index (χ2n) is 5.87. The van der Waals surface area contributed by atoms with Crippen molar-refractivity contribution in [3.8, 4) is 0 Å². The molecule has 0 saturated carbocycles. The van der Waals surface area contributed by atoms with Gasteiger partial charge in [-0.3, -0.25) is 4.79 Å². The zero-order chi connectivity index (χ0) is 15.2. The highest BCUT2D eigenvalue weighted by molar-refractivity contribution is 5.92. The lowest BCUT2D eigenvalue weighted by atomic mass is 9.96. The predicted octanol–water partition coefficient (Wildman–Crippen LogP) is 1.93. The molecule has 0 spiro atoms. The Morgan fingerprint density at radius 2 is 2.14 bits per heavy atom. The Hall–Kier alpha value is -1.62. The molecule has 2 rings (SSSR count). The van der Waals surface area contributed by atoms with Crippen LogP contribution in [0, 0.1) is 5.92 Å². The van der Waals surface area contributed by atoms with Crippen molar-refractivity contribution in [2.45, 2.75) is 19.8 Å². The smallest absolute Gasteiger partial charge is 0.272 e. The molecule has 1 amide bonds. The molecule has 1 aliphatic rings. The minimum atomic E-state index is 0.00804. The normalized spacial score (nSPS) is 16.7. The van der Waals surface area contributed by atoms with Crippen LogP contribution in [-0.4, -0.2) is 61.0 Å². The van der Waals surface area contributed by atoms with Gasteiger partial charge in [0, 0.05) is 20.1 Å². The Kier molecular flexibility index (Phi) is 5.56. The highest BCUT2D eigenvalue weighted by Gasteiger charge is 2.21. The molecule has 1 N–H and O–H groups in total. The van der Waals surface area contributed by atoms with Crippen molar-refractivity contribution >= 4 is 11.7 Å². The molecule has 2 heterocycles. The lowest BCUT2D eigenvalue weighted by Gasteiger charge is -2.31. The van der Waals surface area contributed by atoms with Crippen LogP contribution in [0.15, 0.2) is 18.2 Å². The van der Waals surface area contributed by atoms with Gasteiger partial charge in [-0.2, -0.15) is 0 Å². The van der Waals surface area contributed by atoms with Crippen LogP contribution in [0.25, 0.3) is 0 Å². The summed E-state index contributed by atoms with van der Waals surface area (Å²) in [5.74, 6) is 1.37. The maximum Gasteiger partial charge on any atom is 0.272 e. The van der Waals surface area contributed by atoms with Crippen LogP contribution < -0.4 is 5.32 Å². The average molecular weight is 290 g/mol. The van der Waals surface area contributed by atoms with E-state index in [1.54, 1.807) is 6.07 Å². The second kappa shape index (κ2) is 7.41. The maximum absolute atomic E-state index is 12.5. The van der Waals surface area contributed by atoms with E-state index in [9.17, 15) is 4.79 Å². The maximum atomic E-state index is 12.5. The van der Waals surface area contributed by atoms with E-state index in [2.05, 4.69) is 22.2 Å². The summed E-state index contributed by atoms with van der Waals surface area (Å²) in [4.78, 5) is 21.0. The van der Waals surface area contributed by atoms with Crippen molar-refractivity contribution in [1.29, 1.82) is 0 Å². The van der Waals surface area contributed by atoms with Crippen LogP contribution in [0.2, 0.25) is 0 Å². The number of nitrogens with one attached hydrogen (secondary N) is 1. The quantitative estimate of drug-likeness (QED) is 0.900. The number of amides is 1. The zero-order valence-electron chi connectivity index (χ0n) is 13.3. The number of rotatable bonds is 5. The van der Waals surface area contributed by atoms with Crippen LogP contribution in [0.5, 0.6) is 0 Å². The molecule has 1 aromatic heterocycles. The number of hydrogen-bond donors (Lipinski definition) is 1. The minimum absolute atomic E-state index is 0.00804. The predicted molar refractivity (Wildman–Crippen MR) is 85.6 cm³/mol. The number of carbonyl (C=O) groups excluding carboxylic acids is 1. The molecule has 0 atom stereocenters. The van der Waals surface area contributed by atoms with E-state index in [0.29, 0.717) is 11.6 Å². The standard InChI is InChI=1S/C16H26N4O/c1-4-17-15-7-5-6-14(18-15)16(21)20(3)12-13-8-10-19(2)11-9-13/h5-7,13H,4,8-12H2,1-3H3,(H,17,18). The highest BCUT2D eigenvalue weighted by Crippen LogP contribution is 2.17. The number of pyridine rings is 1. The van der Waals surface area contributed by atoms with E-state index in [4.69, 9.17) is 0 Å². The van der Waals surface area contributed by atoms with E-state index in [0.717, 1.165) is 32.0 Å². The van der Waals surface area contributed by atoms with Crippen molar-refractivity contribution in [2.24, 2.45) is 5.92 Å². The molecule has 0 bridgehead atoms. The minimum Gasteiger partial charge on any atom is -0.370 e. The highest BCUT2D eigenvalue weighted by atomic mass is 16.2. The summed E-state index contributed by atoms with van der Waals surface area (Å²) >= 11 is 0. The Morgan fingerprint density at radius 1 is 1.43 bits per heavy atom. The van der Waals surface area contributed by atoms with E-state index in [1.807, 2.05) is 31.0 Å². The van der Waals surface area contributed by atoms with Gasteiger partial charge in [-0.15, -0.1) is 0 Å². The first kappa shape index (κ1) is 15.8. The Balaban J connectivity index is 1.94. The zero-order valence-corrected chi connectivity index (χ0v) is 13.3. The fraction of sp³-hybridized carbons (Fsp3) is 0.625. The molecule has 21 heavy (non-hydrogen) atoms. The summed E-state index contributed by atoms with van der Waals surface area (Å²) in [5, 5.41) is 3.14. The Morgan fingerprint density at radius 3 is 2.81 bits per heavy atom. The van der Waals surface area contributed by atoms with Crippen molar-refractivity contribution in [2.75, 3.05) is 45.6 Å². The fourth-order valence-corrected chi connectivity index (χ4v) is 2.74. The van der Waals surface area contributed by atoms with Gasteiger partial charge in [-0.1, -0.05) is 6.07 Å². The Bertz CT molecular complexity index is 469. The van der Waals surface area contributed by atoms with E-state index >= 15 is 0 Å². The van der Waals surface area contributed by atoms with E-state index in [1.165, 1.54) is 12.8 Å². The fourth-order valence-electron chi connectivity index (χ4n) is 2.74. The van der Waals surface area contributed by atoms with Gasteiger partial charge in [-0.05, 0) is 58.0 Å². The molecule has 1 saturated heterocycles. The molecule has 5 nitrogen and oxygen atoms in total. The van der Waals surface area contributed by atoms with Gasteiger partial charge in [0.25, 0.3) is 5.91 Å². The SMILES string of the molecule is CCNc1cccc(C(=O)N(C)CC2CCN(C)CC2)n1. The van der Waals surface area contributed by atoms with Crippen LogP contribution >= 0.6 is 0 Å². The molecular weight excluding hydrogens is 264 g/mol. The first-order valence-corrected chi connectivity index (χ1v) is 7.75. The van der Waals surface area contributed by atoms with E-state index in [-0.39, 0.29) is 5.91 Å². The van der Waals surface area contributed by atoms with Crippen LogP contribution in [0.1, 0.15) is 30.3 Å². The Labute approximate surface area is 127 Å². The number of nitrogens with zero attached hydrogens (tertiary/aromatic N) is 3. The number of anilines is 1. The molecule has 0 unspecified atom stereocenters. The summed E-state index contributed by atoms with van der Waals surface area (Å²) < 4.78 is 0. The van der Waals surface area contributed by atoms with Crippen LogP contribution in [-0.2, 0) is 0 Å². The molecule has 0 aliphatic carbocycles. The topological polar surface area (TPSA) is 48.5 Å². The third-order valence-electron chi connectivity index (χ3n) is 4.04. The number of likely N-dealkylation sites (tertiary alicyclic amines) is 1. The molecule has 1 fully saturated rings. The van der Waals surface area contributed by atoms with Crippen molar-refractivity contribution in [3.05, 3.63) is 23.9 Å². The van der Waals surface area contributed by atoms with Gasteiger partial charge < -0.3 is 15.1 Å². The van der Waals surface area contributed by atoms with Gasteiger partial charge in [0.1, 0.15) is 11.5 Å². The van der Waals surface area contributed by atoms with Crippen molar-refractivity contribution < 1.29 is 4.79 Å².